The molecule has 23 heavy (non-hydrogen) atoms. The van der Waals surface area contributed by atoms with Gasteiger partial charge in [0.05, 0.1) is 10.6 Å². The molecule has 0 saturated carbocycles. The zero-order chi connectivity index (χ0) is 16.6. The van der Waals surface area contributed by atoms with E-state index in [1.54, 1.807) is 6.07 Å². The highest BCUT2D eigenvalue weighted by Gasteiger charge is 2.21. The Morgan fingerprint density at radius 2 is 1.65 bits per heavy atom. The lowest BCUT2D eigenvalue weighted by molar-refractivity contribution is 0.171. The minimum atomic E-state index is -4.08. The SMILES string of the molecule is O=S(=O)(Nc1cc2c(cc1Br)OCCO2)c1ccc(F)c(F)c1. The Labute approximate surface area is 139 Å². The van der Waals surface area contributed by atoms with Crippen LogP contribution in [0.1, 0.15) is 0 Å². The van der Waals surface area contributed by atoms with Gasteiger partial charge in [-0.2, -0.15) is 0 Å². The second kappa shape index (κ2) is 5.97. The minimum absolute atomic E-state index is 0.194. The van der Waals surface area contributed by atoms with Crippen molar-refractivity contribution in [2.45, 2.75) is 4.90 Å². The molecule has 0 atom stereocenters. The predicted octanol–water partition coefficient (Wildman–Crippen LogP) is 3.30. The van der Waals surface area contributed by atoms with Crippen molar-refractivity contribution in [3.63, 3.8) is 0 Å². The molecule has 1 aliphatic rings. The van der Waals surface area contributed by atoms with Crippen LogP contribution in [0.15, 0.2) is 39.7 Å². The molecule has 0 bridgehead atoms. The van der Waals surface area contributed by atoms with Crippen LogP contribution < -0.4 is 14.2 Å². The molecule has 0 spiro atoms. The van der Waals surface area contributed by atoms with E-state index in [1.165, 1.54) is 6.07 Å². The van der Waals surface area contributed by atoms with E-state index in [0.717, 1.165) is 12.1 Å². The van der Waals surface area contributed by atoms with Crippen molar-refractivity contribution in [3.05, 3.63) is 46.4 Å². The first-order valence-electron chi connectivity index (χ1n) is 6.44. The van der Waals surface area contributed by atoms with Crippen LogP contribution in [0.5, 0.6) is 11.5 Å². The fraction of sp³-hybridized carbons (Fsp3) is 0.143. The van der Waals surface area contributed by atoms with Crippen molar-refractivity contribution in [2.24, 2.45) is 0 Å². The van der Waals surface area contributed by atoms with Crippen molar-refractivity contribution in [1.82, 2.24) is 0 Å². The Hall–Kier alpha value is -1.87. The summed E-state index contributed by atoms with van der Waals surface area (Å²) in [6.45, 7) is 0.753. The molecule has 1 N–H and O–H groups in total. The number of ether oxygens (including phenoxy) is 2. The Balaban J connectivity index is 1.95. The molecule has 0 amide bonds. The zero-order valence-corrected chi connectivity index (χ0v) is 13.9. The number of halogens is 3. The maximum absolute atomic E-state index is 13.2. The lowest BCUT2D eigenvalue weighted by Gasteiger charge is -2.20. The summed E-state index contributed by atoms with van der Waals surface area (Å²) in [5.41, 5.74) is 0.194. The quantitative estimate of drug-likeness (QED) is 0.850. The molecule has 2 aromatic rings. The summed E-state index contributed by atoms with van der Waals surface area (Å²) in [6.07, 6.45) is 0. The van der Waals surface area contributed by atoms with Gasteiger partial charge in [-0.1, -0.05) is 0 Å². The van der Waals surface area contributed by atoms with E-state index in [4.69, 9.17) is 9.47 Å². The van der Waals surface area contributed by atoms with Crippen LogP contribution in [0.25, 0.3) is 0 Å². The van der Waals surface area contributed by atoms with Gasteiger partial charge in [0.2, 0.25) is 0 Å². The monoisotopic (exact) mass is 405 g/mol. The Morgan fingerprint density at radius 3 is 2.30 bits per heavy atom. The van der Waals surface area contributed by atoms with E-state index in [9.17, 15) is 17.2 Å². The van der Waals surface area contributed by atoms with Crippen LogP contribution in [-0.2, 0) is 10.0 Å². The highest BCUT2D eigenvalue weighted by atomic mass is 79.9. The van der Waals surface area contributed by atoms with Gasteiger partial charge in [0.15, 0.2) is 23.1 Å². The highest BCUT2D eigenvalue weighted by molar-refractivity contribution is 9.10. The van der Waals surface area contributed by atoms with Crippen molar-refractivity contribution >= 4 is 31.6 Å². The maximum atomic E-state index is 13.2. The first kappa shape index (κ1) is 16.0. The summed E-state index contributed by atoms with van der Waals surface area (Å²) < 4.78 is 64.3. The molecule has 0 fully saturated rings. The number of nitrogens with one attached hydrogen (secondary N) is 1. The molecule has 122 valence electrons. The fourth-order valence-corrected chi connectivity index (χ4v) is 3.62. The van der Waals surface area contributed by atoms with E-state index in [-0.39, 0.29) is 5.69 Å². The third kappa shape index (κ3) is 3.25. The molecule has 9 heteroatoms. The number of sulfonamides is 1. The maximum Gasteiger partial charge on any atom is 0.262 e. The van der Waals surface area contributed by atoms with Crippen molar-refractivity contribution in [3.8, 4) is 11.5 Å². The van der Waals surface area contributed by atoms with Gasteiger partial charge in [-0.05, 0) is 34.1 Å². The van der Waals surface area contributed by atoms with E-state index >= 15 is 0 Å². The van der Waals surface area contributed by atoms with Gasteiger partial charge in [0.25, 0.3) is 10.0 Å². The molecular formula is C14H10BrF2NO4S. The summed E-state index contributed by atoms with van der Waals surface area (Å²) in [4.78, 5) is -0.391. The van der Waals surface area contributed by atoms with Crippen molar-refractivity contribution in [2.75, 3.05) is 17.9 Å². The molecule has 5 nitrogen and oxygen atoms in total. The molecule has 1 aliphatic heterocycles. The molecular weight excluding hydrogens is 396 g/mol. The second-order valence-electron chi connectivity index (χ2n) is 4.66. The Morgan fingerprint density at radius 1 is 1.00 bits per heavy atom. The topological polar surface area (TPSA) is 64.6 Å². The summed E-state index contributed by atoms with van der Waals surface area (Å²) in [6, 6.07) is 5.37. The van der Waals surface area contributed by atoms with Crippen molar-refractivity contribution < 1.29 is 26.7 Å². The van der Waals surface area contributed by atoms with Gasteiger partial charge in [-0.25, -0.2) is 17.2 Å². The summed E-state index contributed by atoms with van der Waals surface area (Å²) in [7, 11) is -4.08. The minimum Gasteiger partial charge on any atom is -0.486 e. The second-order valence-corrected chi connectivity index (χ2v) is 7.19. The van der Waals surface area contributed by atoms with E-state index in [0.29, 0.717) is 35.3 Å². The van der Waals surface area contributed by atoms with Gasteiger partial charge in [-0.3, -0.25) is 4.72 Å². The molecule has 0 aliphatic carbocycles. The molecule has 0 radical (unpaired) electrons. The smallest absolute Gasteiger partial charge is 0.262 e. The van der Waals surface area contributed by atoms with Crippen LogP contribution >= 0.6 is 15.9 Å². The zero-order valence-electron chi connectivity index (χ0n) is 11.5. The van der Waals surface area contributed by atoms with Crippen molar-refractivity contribution in [1.29, 1.82) is 0 Å². The summed E-state index contributed by atoms with van der Waals surface area (Å²) in [5, 5.41) is 0. The van der Waals surface area contributed by atoms with Gasteiger partial charge >= 0.3 is 0 Å². The van der Waals surface area contributed by atoms with Gasteiger partial charge in [0.1, 0.15) is 13.2 Å². The highest BCUT2D eigenvalue weighted by Crippen LogP contribution is 2.38. The van der Waals surface area contributed by atoms with Crippen LogP contribution in [0.3, 0.4) is 0 Å². The molecule has 0 aromatic heterocycles. The predicted molar refractivity (Wildman–Crippen MR) is 82.3 cm³/mol. The average Bonchev–Trinajstić information content (AvgIpc) is 2.50. The van der Waals surface area contributed by atoms with Crippen LogP contribution in [-0.4, -0.2) is 21.6 Å². The first-order chi connectivity index (χ1) is 10.9. The third-order valence-electron chi connectivity index (χ3n) is 3.08. The summed E-state index contributed by atoms with van der Waals surface area (Å²) in [5.74, 6) is -1.49. The molecule has 3 rings (SSSR count). The van der Waals surface area contributed by atoms with Gasteiger partial charge < -0.3 is 9.47 Å². The largest absolute Gasteiger partial charge is 0.486 e. The molecule has 0 unspecified atom stereocenters. The molecule has 0 saturated heterocycles. The van der Waals surface area contributed by atoms with Crippen LogP contribution in [0.2, 0.25) is 0 Å². The van der Waals surface area contributed by atoms with E-state index in [1.807, 2.05) is 0 Å². The Bertz CT molecular complexity index is 873. The van der Waals surface area contributed by atoms with Gasteiger partial charge in [0, 0.05) is 16.6 Å². The van der Waals surface area contributed by atoms with E-state index in [2.05, 4.69) is 20.7 Å². The molecule has 1 heterocycles. The number of fused-ring (bicyclic) bond motifs is 1. The average molecular weight is 406 g/mol. The molecule has 2 aromatic carbocycles. The number of benzene rings is 2. The summed E-state index contributed by atoms with van der Waals surface area (Å²) >= 11 is 3.23. The van der Waals surface area contributed by atoms with Crippen LogP contribution in [0.4, 0.5) is 14.5 Å². The number of hydrogen-bond donors (Lipinski definition) is 1. The third-order valence-corrected chi connectivity index (χ3v) is 5.10. The van der Waals surface area contributed by atoms with E-state index < -0.39 is 26.6 Å². The van der Waals surface area contributed by atoms with Gasteiger partial charge in [-0.15, -0.1) is 0 Å². The fourth-order valence-electron chi connectivity index (χ4n) is 1.99. The number of hydrogen-bond acceptors (Lipinski definition) is 4. The number of anilines is 1. The lowest BCUT2D eigenvalue weighted by Crippen LogP contribution is -2.17. The van der Waals surface area contributed by atoms with Crippen LogP contribution in [0, 0.1) is 11.6 Å². The first-order valence-corrected chi connectivity index (χ1v) is 8.71. The normalized spacial score (nSPS) is 13.7. The number of rotatable bonds is 3. The standard InChI is InChI=1S/C14H10BrF2NO4S/c15-9-6-13-14(22-4-3-21-13)7-12(9)18-23(19,20)8-1-2-10(16)11(17)5-8/h1-2,5-7,18H,3-4H2. The lowest BCUT2D eigenvalue weighted by atomic mass is 10.2. The Kier molecular flexibility index (Phi) is 4.15.